The quantitative estimate of drug-likeness (QED) is 0.515. The minimum Gasteiger partial charge on any atom is -0.483 e. The van der Waals surface area contributed by atoms with Gasteiger partial charge in [-0.05, 0) is 57.3 Å². The third kappa shape index (κ3) is 6.10. The predicted octanol–water partition coefficient (Wildman–Crippen LogP) is 3.03. The van der Waals surface area contributed by atoms with E-state index in [0.717, 1.165) is 51.5 Å². The number of halogens is 2. The van der Waals surface area contributed by atoms with Gasteiger partial charge in [0.2, 0.25) is 0 Å². The Morgan fingerprint density at radius 1 is 1.36 bits per heavy atom. The first-order chi connectivity index (χ1) is 13.5. The molecule has 0 saturated carbocycles. The molecule has 154 valence electrons. The Labute approximate surface area is 163 Å². The lowest BCUT2D eigenvalue weighted by Crippen LogP contribution is -2.37. The molecule has 1 aliphatic heterocycles. The monoisotopic (exact) mass is 395 g/mol. The number of aliphatic hydroxyl groups is 1. The molecule has 1 fully saturated rings. The molecule has 3 N–H and O–H groups in total. The summed E-state index contributed by atoms with van der Waals surface area (Å²) in [6.07, 6.45) is 3.16. The number of likely N-dealkylation sites (tertiary alicyclic amines) is 1. The summed E-state index contributed by atoms with van der Waals surface area (Å²) in [5.74, 6) is -0.841. The van der Waals surface area contributed by atoms with E-state index in [1.54, 1.807) is 6.92 Å². The molecule has 0 spiro atoms. The Hall–Kier alpha value is -2.32. The Morgan fingerprint density at radius 3 is 2.82 bits per heavy atom. The summed E-state index contributed by atoms with van der Waals surface area (Å²) in [5, 5.41) is 20.0. The van der Waals surface area contributed by atoms with Gasteiger partial charge in [-0.25, -0.2) is 13.8 Å². The van der Waals surface area contributed by atoms with Gasteiger partial charge in [0, 0.05) is 42.5 Å². The lowest BCUT2D eigenvalue weighted by Gasteiger charge is -2.31. The normalized spacial score (nSPS) is 17.1. The van der Waals surface area contributed by atoms with Crippen molar-refractivity contribution in [1.29, 1.82) is 0 Å². The number of piperidine rings is 1. The first-order valence-electron chi connectivity index (χ1n) is 9.39. The van der Waals surface area contributed by atoms with Crippen LogP contribution in [0.4, 0.5) is 14.5 Å². The summed E-state index contributed by atoms with van der Waals surface area (Å²) >= 11 is 0. The molecule has 0 radical (unpaired) electrons. The van der Waals surface area contributed by atoms with Crippen molar-refractivity contribution in [1.82, 2.24) is 9.88 Å². The first-order valence-corrected chi connectivity index (χ1v) is 9.39. The zero-order chi connectivity index (χ0) is 20.5. The molecular weight excluding hydrogens is 368 g/mol. The largest absolute Gasteiger partial charge is 0.483 e. The molecule has 1 unspecified atom stereocenters. The molecule has 0 bridgehead atoms. The fourth-order valence-electron chi connectivity index (χ4n) is 3.56. The van der Waals surface area contributed by atoms with Crippen molar-refractivity contribution in [3.05, 3.63) is 35.5 Å². The Morgan fingerprint density at radius 2 is 2.11 bits per heavy atom. The number of rotatable bonds is 6. The van der Waals surface area contributed by atoms with Crippen LogP contribution in [0.3, 0.4) is 0 Å². The van der Waals surface area contributed by atoms with Crippen molar-refractivity contribution in [2.24, 2.45) is 5.92 Å². The van der Waals surface area contributed by atoms with E-state index in [4.69, 9.17) is 9.90 Å². The predicted molar refractivity (Wildman–Crippen MR) is 104 cm³/mol. The van der Waals surface area contributed by atoms with Gasteiger partial charge in [0.15, 0.2) is 5.82 Å². The molecule has 1 aliphatic rings. The van der Waals surface area contributed by atoms with Crippen LogP contribution in [-0.4, -0.2) is 59.4 Å². The summed E-state index contributed by atoms with van der Waals surface area (Å²) in [6, 6.07) is 4.01. The maximum absolute atomic E-state index is 14.0. The van der Waals surface area contributed by atoms with Crippen molar-refractivity contribution >= 4 is 23.1 Å². The molecular formula is C20H27F2N3O3. The van der Waals surface area contributed by atoms with Gasteiger partial charge in [-0.15, -0.1) is 0 Å². The van der Waals surface area contributed by atoms with Crippen LogP contribution < -0.4 is 5.32 Å². The minimum absolute atomic E-state index is 0.200. The molecule has 1 atom stereocenters. The highest BCUT2D eigenvalue weighted by molar-refractivity contribution is 5.91. The molecule has 0 aliphatic carbocycles. The molecule has 0 amide bonds. The highest BCUT2D eigenvalue weighted by Gasteiger charge is 2.18. The molecule has 3 rings (SSSR count). The average molecular weight is 395 g/mol. The first kappa shape index (κ1) is 22.0. The number of aliphatic hydroxyl groups excluding tert-OH is 1. The van der Waals surface area contributed by atoms with E-state index in [1.165, 1.54) is 6.07 Å². The van der Waals surface area contributed by atoms with E-state index in [0.29, 0.717) is 22.7 Å². The van der Waals surface area contributed by atoms with Crippen LogP contribution >= 0.6 is 0 Å². The lowest BCUT2D eigenvalue weighted by atomic mass is 9.99. The Balaban J connectivity index is 0.000000878. The third-order valence-corrected chi connectivity index (χ3v) is 4.79. The Bertz CT molecular complexity index is 789. The van der Waals surface area contributed by atoms with Gasteiger partial charge in [0.25, 0.3) is 6.47 Å². The Kier molecular flexibility index (Phi) is 8.53. The summed E-state index contributed by atoms with van der Waals surface area (Å²) in [5.41, 5.74) is 1.61. The number of nitrogens with zero attached hydrogens (tertiary/aromatic N) is 2. The number of benzene rings is 1. The highest BCUT2D eigenvalue weighted by Crippen LogP contribution is 2.26. The van der Waals surface area contributed by atoms with Gasteiger partial charge in [-0.3, -0.25) is 4.79 Å². The SMILES string of the molecule is Cc1cc(NCCCN2CCCC(CO)C2)c2cc(F)cc(F)c2n1.O=CO. The molecule has 2 aromatic rings. The van der Waals surface area contributed by atoms with E-state index >= 15 is 0 Å². The second-order valence-electron chi connectivity index (χ2n) is 6.97. The summed E-state index contributed by atoms with van der Waals surface area (Å²) in [7, 11) is 0. The number of nitrogens with one attached hydrogen (secondary N) is 1. The third-order valence-electron chi connectivity index (χ3n) is 4.79. The second kappa shape index (κ2) is 10.9. The van der Waals surface area contributed by atoms with Crippen LogP contribution in [0.1, 0.15) is 25.0 Å². The minimum atomic E-state index is -0.634. The molecule has 28 heavy (non-hydrogen) atoms. The number of carbonyl (C=O) groups is 1. The summed E-state index contributed by atoms with van der Waals surface area (Å²) < 4.78 is 27.5. The smallest absolute Gasteiger partial charge is 0.290 e. The van der Waals surface area contributed by atoms with Gasteiger partial charge in [0.1, 0.15) is 11.3 Å². The average Bonchev–Trinajstić information content (AvgIpc) is 2.67. The number of hydrogen-bond donors (Lipinski definition) is 3. The maximum atomic E-state index is 14.0. The van der Waals surface area contributed by atoms with Crippen molar-refractivity contribution in [2.45, 2.75) is 26.2 Å². The van der Waals surface area contributed by atoms with Crippen molar-refractivity contribution in [3.63, 3.8) is 0 Å². The van der Waals surface area contributed by atoms with Gasteiger partial charge >= 0.3 is 0 Å². The van der Waals surface area contributed by atoms with Crippen LogP contribution in [0.15, 0.2) is 18.2 Å². The lowest BCUT2D eigenvalue weighted by molar-refractivity contribution is -0.122. The van der Waals surface area contributed by atoms with E-state index in [9.17, 15) is 13.9 Å². The van der Waals surface area contributed by atoms with Gasteiger partial charge in [-0.1, -0.05) is 0 Å². The number of aromatic nitrogens is 1. The molecule has 8 heteroatoms. The zero-order valence-corrected chi connectivity index (χ0v) is 16.0. The van der Waals surface area contributed by atoms with Crippen LogP contribution in [0.5, 0.6) is 0 Å². The van der Waals surface area contributed by atoms with Crippen LogP contribution in [0, 0.1) is 24.5 Å². The summed E-state index contributed by atoms with van der Waals surface area (Å²) in [4.78, 5) is 14.9. The van der Waals surface area contributed by atoms with Crippen LogP contribution in [-0.2, 0) is 4.79 Å². The van der Waals surface area contributed by atoms with Crippen molar-refractivity contribution < 1.29 is 23.8 Å². The van der Waals surface area contributed by atoms with E-state index < -0.39 is 11.6 Å². The number of hydrogen-bond acceptors (Lipinski definition) is 5. The second-order valence-corrected chi connectivity index (χ2v) is 6.97. The van der Waals surface area contributed by atoms with E-state index in [-0.39, 0.29) is 18.6 Å². The van der Waals surface area contributed by atoms with E-state index in [1.807, 2.05) is 6.07 Å². The number of aryl methyl sites for hydroxylation is 1. The molecule has 2 heterocycles. The van der Waals surface area contributed by atoms with E-state index in [2.05, 4.69) is 15.2 Å². The molecule has 1 saturated heterocycles. The van der Waals surface area contributed by atoms with Gasteiger partial charge < -0.3 is 20.4 Å². The van der Waals surface area contributed by atoms with Gasteiger partial charge in [0.05, 0.1) is 0 Å². The number of carboxylic acid groups (broad SMARTS) is 1. The molecule has 6 nitrogen and oxygen atoms in total. The number of fused-ring (bicyclic) bond motifs is 1. The molecule has 1 aromatic carbocycles. The van der Waals surface area contributed by atoms with Crippen molar-refractivity contribution in [3.8, 4) is 0 Å². The molecule has 1 aromatic heterocycles. The highest BCUT2D eigenvalue weighted by atomic mass is 19.1. The maximum Gasteiger partial charge on any atom is 0.290 e. The van der Waals surface area contributed by atoms with Crippen LogP contribution in [0.25, 0.3) is 10.9 Å². The standard InChI is InChI=1S/C19H25F2N3O.CH2O2/c1-13-8-18(16-9-15(20)10-17(21)19(16)23-13)22-5-3-7-24-6-2-4-14(11-24)12-25;2-1-3/h8-10,14,25H,2-7,11-12H2,1H3,(H,22,23);1H,(H,2,3). The van der Waals surface area contributed by atoms with Gasteiger partial charge in [-0.2, -0.15) is 0 Å². The fraction of sp³-hybridized carbons (Fsp3) is 0.500. The number of pyridine rings is 1. The zero-order valence-electron chi connectivity index (χ0n) is 16.0. The fourth-order valence-corrected chi connectivity index (χ4v) is 3.56. The topological polar surface area (TPSA) is 85.7 Å². The summed E-state index contributed by atoms with van der Waals surface area (Å²) in [6.45, 7) is 5.50. The van der Waals surface area contributed by atoms with Crippen molar-refractivity contribution in [2.75, 3.05) is 38.1 Å². The van der Waals surface area contributed by atoms with Crippen LogP contribution in [0.2, 0.25) is 0 Å². The number of anilines is 1.